The molecule has 0 heterocycles. The van der Waals surface area contributed by atoms with Crippen LogP contribution in [0, 0.1) is 0 Å². The molecule has 10 heteroatoms. The molecule has 0 bridgehead atoms. The molecule has 0 unspecified atom stereocenters. The van der Waals surface area contributed by atoms with Crippen LogP contribution in [0.25, 0.3) is 0 Å². The van der Waals surface area contributed by atoms with Crippen molar-refractivity contribution >= 4 is 48.9 Å². The minimum absolute atomic E-state index is 0.0923. The highest BCUT2D eigenvalue weighted by Gasteiger charge is 2.37. The average molecular weight is 534 g/mol. The third kappa shape index (κ3) is 5.05. The van der Waals surface area contributed by atoms with Crippen molar-refractivity contribution in [2.45, 2.75) is 9.79 Å². The maximum atomic E-state index is 13.6. The van der Waals surface area contributed by atoms with E-state index in [2.05, 4.69) is 0 Å². The summed E-state index contributed by atoms with van der Waals surface area (Å²) in [6, 6.07) is 25.2. The fraction of sp³-hybridized carbons (Fsp3) is 0. The van der Waals surface area contributed by atoms with E-state index in [0.29, 0.717) is 25.3 Å². The standard InChI is InChI=1S/C24H17Cl2NO5S2/c25-18-6-14-23(15-7-18)33(28,29)27(34(30,31)24-16-8-19(26)9-17-24)20-10-12-22(13-11-20)32-21-4-2-1-3-5-21/h1-17H. The zero-order chi connectivity index (χ0) is 24.3. The van der Waals surface area contributed by atoms with E-state index in [1.165, 1.54) is 72.8 Å². The Bertz CT molecular complexity index is 1420. The van der Waals surface area contributed by atoms with Crippen LogP contribution in [0.1, 0.15) is 0 Å². The molecular weight excluding hydrogens is 517 g/mol. The molecule has 0 aliphatic heterocycles. The second-order valence-corrected chi connectivity index (χ2v) is 11.7. The Balaban J connectivity index is 1.81. The molecule has 4 aromatic carbocycles. The molecule has 0 saturated carbocycles. The number of benzene rings is 4. The zero-order valence-electron chi connectivity index (χ0n) is 17.4. The lowest BCUT2D eigenvalue weighted by molar-refractivity contribution is 0.482. The molecule has 0 N–H and O–H groups in total. The summed E-state index contributed by atoms with van der Waals surface area (Å²) in [5.74, 6) is 0.984. The first-order valence-corrected chi connectivity index (χ1v) is 13.5. The topological polar surface area (TPSA) is 80.8 Å². The number of rotatable bonds is 7. The van der Waals surface area contributed by atoms with Gasteiger partial charge in [-0.15, -0.1) is 0 Å². The van der Waals surface area contributed by atoms with Crippen LogP contribution in [0.15, 0.2) is 113 Å². The number of nitrogens with zero attached hydrogens (tertiary/aromatic N) is 1. The molecule has 0 aromatic heterocycles. The largest absolute Gasteiger partial charge is 0.457 e. The third-order valence-corrected chi connectivity index (χ3v) is 9.40. The van der Waals surface area contributed by atoms with Gasteiger partial charge in [-0.3, -0.25) is 0 Å². The molecule has 0 radical (unpaired) electrons. The number of hydrogen-bond acceptors (Lipinski definition) is 5. The van der Waals surface area contributed by atoms with Gasteiger partial charge in [-0.1, -0.05) is 41.4 Å². The molecule has 174 valence electrons. The number of ether oxygens (including phenoxy) is 1. The Morgan fingerprint density at radius 1 is 0.529 bits per heavy atom. The quantitative estimate of drug-likeness (QED) is 0.275. The Labute approximate surface area is 208 Å². The van der Waals surface area contributed by atoms with Crippen LogP contribution in [0.3, 0.4) is 0 Å². The number of anilines is 1. The molecule has 6 nitrogen and oxygen atoms in total. The highest BCUT2D eigenvalue weighted by molar-refractivity contribution is 8.10. The minimum atomic E-state index is -4.55. The van der Waals surface area contributed by atoms with Crippen LogP contribution in [0.4, 0.5) is 5.69 Å². The van der Waals surface area contributed by atoms with Crippen molar-refractivity contribution in [3.8, 4) is 11.5 Å². The van der Waals surface area contributed by atoms with E-state index >= 15 is 0 Å². The van der Waals surface area contributed by atoms with E-state index in [0.717, 1.165) is 0 Å². The van der Waals surface area contributed by atoms with Gasteiger partial charge in [0.05, 0.1) is 15.5 Å². The van der Waals surface area contributed by atoms with Crippen LogP contribution in [0.5, 0.6) is 11.5 Å². The first-order chi connectivity index (χ1) is 16.2. The highest BCUT2D eigenvalue weighted by atomic mass is 35.5. The number of para-hydroxylation sites is 1. The van der Waals surface area contributed by atoms with Crippen molar-refractivity contribution in [2.24, 2.45) is 0 Å². The number of halogens is 2. The van der Waals surface area contributed by atoms with E-state index in [4.69, 9.17) is 27.9 Å². The van der Waals surface area contributed by atoms with E-state index in [1.54, 1.807) is 12.1 Å². The summed E-state index contributed by atoms with van der Waals surface area (Å²) in [7, 11) is -9.09. The van der Waals surface area contributed by atoms with Gasteiger partial charge in [0.15, 0.2) is 0 Å². The molecule has 4 rings (SSSR count). The van der Waals surface area contributed by atoms with Gasteiger partial charge in [-0.2, -0.15) is 3.71 Å². The Kier molecular flexibility index (Phi) is 6.86. The third-order valence-electron chi connectivity index (χ3n) is 4.69. The molecule has 0 amide bonds. The molecule has 0 fully saturated rings. The summed E-state index contributed by atoms with van der Waals surface area (Å²) in [6.45, 7) is 0. The van der Waals surface area contributed by atoms with Gasteiger partial charge in [0.2, 0.25) is 0 Å². The van der Waals surface area contributed by atoms with Crippen LogP contribution >= 0.6 is 23.2 Å². The van der Waals surface area contributed by atoms with Crippen LogP contribution in [-0.2, 0) is 20.0 Å². The minimum Gasteiger partial charge on any atom is -0.457 e. The molecular formula is C24H17Cl2NO5S2. The highest BCUT2D eigenvalue weighted by Crippen LogP contribution is 2.33. The molecule has 0 atom stereocenters. The van der Waals surface area contributed by atoms with E-state index in [-0.39, 0.29) is 15.5 Å². The lowest BCUT2D eigenvalue weighted by Gasteiger charge is -2.24. The number of hydrogen-bond donors (Lipinski definition) is 0. The normalized spacial score (nSPS) is 11.7. The first kappa shape index (κ1) is 24.1. The summed E-state index contributed by atoms with van der Waals surface area (Å²) in [4.78, 5) is -0.474. The summed E-state index contributed by atoms with van der Waals surface area (Å²) in [5.41, 5.74) is -0.0923. The first-order valence-electron chi connectivity index (χ1n) is 9.82. The Morgan fingerprint density at radius 2 is 0.941 bits per heavy atom. The second-order valence-electron chi connectivity index (χ2n) is 7.02. The van der Waals surface area contributed by atoms with Gasteiger partial charge in [0.1, 0.15) is 11.5 Å². The van der Waals surface area contributed by atoms with Crippen LogP contribution < -0.4 is 8.45 Å². The van der Waals surface area contributed by atoms with E-state index in [9.17, 15) is 16.8 Å². The van der Waals surface area contributed by atoms with Gasteiger partial charge in [-0.25, -0.2) is 16.8 Å². The lowest BCUT2D eigenvalue weighted by atomic mass is 10.3. The maximum Gasteiger partial charge on any atom is 0.277 e. The predicted octanol–water partition coefficient (Wildman–Crippen LogP) is 6.37. The van der Waals surface area contributed by atoms with Crippen LogP contribution in [0.2, 0.25) is 10.0 Å². The second kappa shape index (κ2) is 9.68. The SMILES string of the molecule is O=S(=O)(c1ccc(Cl)cc1)N(c1ccc(Oc2ccccc2)cc1)S(=O)(=O)c1ccc(Cl)cc1. The Hall–Kier alpha value is -3.04. The smallest absolute Gasteiger partial charge is 0.277 e. The number of sulfonamides is 2. The monoisotopic (exact) mass is 533 g/mol. The van der Waals surface area contributed by atoms with Crippen molar-refractivity contribution in [3.63, 3.8) is 0 Å². The fourth-order valence-corrected chi connectivity index (χ4v) is 7.02. The summed E-state index contributed by atoms with van der Waals surface area (Å²) >= 11 is 11.8. The summed E-state index contributed by atoms with van der Waals surface area (Å²) in [5, 5.41) is 0.627. The van der Waals surface area contributed by atoms with Gasteiger partial charge in [-0.05, 0) is 84.9 Å². The van der Waals surface area contributed by atoms with Crippen molar-refractivity contribution in [1.29, 1.82) is 0 Å². The Morgan fingerprint density at radius 3 is 1.38 bits per heavy atom. The van der Waals surface area contributed by atoms with Gasteiger partial charge in [0, 0.05) is 10.0 Å². The zero-order valence-corrected chi connectivity index (χ0v) is 20.5. The van der Waals surface area contributed by atoms with Gasteiger partial charge >= 0.3 is 0 Å². The summed E-state index contributed by atoms with van der Waals surface area (Å²) in [6.07, 6.45) is 0. The van der Waals surface area contributed by atoms with Crippen molar-refractivity contribution in [1.82, 2.24) is 0 Å². The summed E-state index contributed by atoms with van der Waals surface area (Å²) < 4.78 is 60.3. The maximum absolute atomic E-state index is 13.6. The van der Waals surface area contributed by atoms with Crippen molar-refractivity contribution < 1.29 is 21.6 Å². The van der Waals surface area contributed by atoms with E-state index in [1.807, 2.05) is 18.2 Å². The molecule has 0 saturated heterocycles. The van der Waals surface area contributed by atoms with Gasteiger partial charge in [0.25, 0.3) is 20.0 Å². The molecule has 0 spiro atoms. The molecule has 0 aliphatic carbocycles. The molecule has 4 aromatic rings. The fourth-order valence-electron chi connectivity index (χ4n) is 3.07. The predicted molar refractivity (Wildman–Crippen MR) is 133 cm³/mol. The molecule has 0 aliphatic rings. The van der Waals surface area contributed by atoms with Crippen molar-refractivity contribution in [2.75, 3.05) is 3.71 Å². The van der Waals surface area contributed by atoms with Crippen molar-refractivity contribution in [3.05, 3.63) is 113 Å². The average Bonchev–Trinajstić information content (AvgIpc) is 2.81. The molecule has 34 heavy (non-hydrogen) atoms. The van der Waals surface area contributed by atoms with E-state index < -0.39 is 20.0 Å². The van der Waals surface area contributed by atoms with Crippen LogP contribution in [-0.4, -0.2) is 16.8 Å². The lowest BCUT2D eigenvalue weighted by Crippen LogP contribution is -2.37. The van der Waals surface area contributed by atoms with Gasteiger partial charge < -0.3 is 4.74 Å².